The number of ether oxygens (including phenoxy) is 1. The lowest BCUT2D eigenvalue weighted by Crippen LogP contribution is -2.27. The molecule has 0 atom stereocenters. The summed E-state index contributed by atoms with van der Waals surface area (Å²) in [4.78, 5) is 21.7. The van der Waals surface area contributed by atoms with Gasteiger partial charge in [-0.15, -0.1) is 0 Å². The number of methoxy groups -OCH3 is 1. The number of halogens is 3. The Labute approximate surface area is 106 Å². The van der Waals surface area contributed by atoms with Gasteiger partial charge in [-0.3, -0.25) is 0 Å². The zero-order valence-electron chi connectivity index (χ0n) is 9.65. The minimum atomic E-state index is -4.83. The zero-order valence-corrected chi connectivity index (χ0v) is 9.65. The average Bonchev–Trinajstić information content (AvgIpc) is 2.34. The number of carbonyl (C=O) groups is 2. The second-order valence-corrected chi connectivity index (χ2v) is 3.41. The number of carboxylic acids is 1. The van der Waals surface area contributed by atoms with E-state index in [1.165, 1.54) is 0 Å². The first kappa shape index (κ1) is 14.7. The van der Waals surface area contributed by atoms with Gasteiger partial charge in [0.25, 0.3) is 0 Å². The van der Waals surface area contributed by atoms with Crippen molar-refractivity contribution in [2.75, 3.05) is 7.11 Å². The molecule has 1 aromatic rings. The molecule has 0 N–H and O–H groups in total. The standard InChI is InChI=1S/C12H9F3O4/c1-19-9(16)6-5-7-3-2-4-8(12(13,14)15)10(7)11(17)18/h2-6H,1H3,(H,17,18)/p-1. The van der Waals surface area contributed by atoms with Gasteiger partial charge in [0, 0.05) is 11.6 Å². The Hall–Kier alpha value is -2.31. The van der Waals surface area contributed by atoms with E-state index < -0.39 is 29.2 Å². The highest BCUT2D eigenvalue weighted by Gasteiger charge is 2.34. The van der Waals surface area contributed by atoms with Crippen LogP contribution in [0.4, 0.5) is 13.2 Å². The molecule has 102 valence electrons. The van der Waals surface area contributed by atoms with E-state index in [0.717, 1.165) is 31.4 Å². The van der Waals surface area contributed by atoms with Crippen LogP contribution < -0.4 is 5.11 Å². The number of benzene rings is 1. The molecule has 0 heterocycles. The van der Waals surface area contributed by atoms with Crippen LogP contribution in [0, 0.1) is 0 Å². The Balaban J connectivity index is 3.37. The summed E-state index contributed by atoms with van der Waals surface area (Å²) in [6.07, 6.45) is -3.08. The van der Waals surface area contributed by atoms with Crippen molar-refractivity contribution in [3.8, 4) is 0 Å². The summed E-state index contributed by atoms with van der Waals surface area (Å²) in [7, 11) is 1.08. The van der Waals surface area contributed by atoms with Gasteiger partial charge in [0.1, 0.15) is 0 Å². The van der Waals surface area contributed by atoms with Crippen LogP contribution in [0.3, 0.4) is 0 Å². The highest BCUT2D eigenvalue weighted by atomic mass is 19.4. The van der Waals surface area contributed by atoms with Crippen molar-refractivity contribution in [3.05, 3.63) is 41.0 Å². The second-order valence-electron chi connectivity index (χ2n) is 3.41. The Kier molecular flexibility index (Phi) is 4.31. The SMILES string of the molecule is COC(=O)C=Cc1cccc(C(F)(F)F)c1C(=O)[O-]. The van der Waals surface area contributed by atoms with Gasteiger partial charge in [-0.2, -0.15) is 13.2 Å². The molecule has 0 aliphatic rings. The van der Waals surface area contributed by atoms with E-state index in [1.54, 1.807) is 0 Å². The molecule has 0 aliphatic carbocycles. The molecule has 0 unspecified atom stereocenters. The summed E-state index contributed by atoms with van der Waals surface area (Å²) in [6, 6.07) is 2.78. The molecule has 0 saturated heterocycles. The van der Waals surface area contributed by atoms with Gasteiger partial charge in [-0.05, 0) is 17.7 Å². The van der Waals surface area contributed by atoms with E-state index in [9.17, 15) is 27.9 Å². The second kappa shape index (κ2) is 5.55. The predicted molar refractivity (Wildman–Crippen MR) is 56.8 cm³/mol. The lowest BCUT2D eigenvalue weighted by atomic mass is 10.00. The molecule has 0 bridgehead atoms. The fourth-order valence-corrected chi connectivity index (χ4v) is 1.40. The maximum absolute atomic E-state index is 12.6. The molecule has 0 aromatic heterocycles. The Morgan fingerprint density at radius 3 is 2.42 bits per heavy atom. The normalized spacial score (nSPS) is 11.6. The summed E-state index contributed by atoms with van der Waals surface area (Å²) in [5.74, 6) is -2.79. The van der Waals surface area contributed by atoms with Crippen LogP contribution in [0.5, 0.6) is 0 Å². The van der Waals surface area contributed by atoms with Gasteiger partial charge in [-0.25, -0.2) is 4.79 Å². The minimum absolute atomic E-state index is 0.291. The molecule has 19 heavy (non-hydrogen) atoms. The lowest BCUT2D eigenvalue weighted by molar-refractivity contribution is -0.255. The molecule has 7 heteroatoms. The number of rotatable bonds is 3. The largest absolute Gasteiger partial charge is 0.545 e. The number of hydrogen-bond donors (Lipinski definition) is 0. The summed E-state index contributed by atoms with van der Waals surface area (Å²) in [6.45, 7) is 0. The van der Waals surface area contributed by atoms with Crippen molar-refractivity contribution < 1.29 is 32.6 Å². The Morgan fingerprint density at radius 1 is 1.32 bits per heavy atom. The van der Waals surface area contributed by atoms with Gasteiger partial charge in [0.15, 0.2) is 0 Å². The molecule has 0 aliphatic heterocycles. The van der Waals surface area contributed by atoms with Crippen LogP contribution in [0.2, 0.25) is 0 Å². The topological polar surface area (TPSA) is 66.4 Å². The summed E-state index contributed by atoms with van der Waals surface area (Å²) in [5.41, 5.74) is -2.64. The van der Waals surface area contributed by atoms with Crippen LogP contribution in [0.15, 0.2) is 24.3 Å². The summed E-state index contributed by atoms with van der Waals surface area (Å²) in [5, 5.41) is 10.8. The van der Waals surface area contributed by atoms with Crippen LogP contribution in [-0.2, 0) is 15.7 Å². The molecule has 1 rings (SSSR count). The predicted octanol–water partition coefficient (Wildman–Crippen LogP) is 1.26. The van der Waals surface area contributed by atoms with Gasteiger partial charge in [0.05, 0.1) is 18.6 Å². The molecule has 1 aromatic carbocycles. The molecule has 0 spiro atoms. The van der Waals surface area contributed by atoms with E-state index in [2.05, 4.69) is 4.74 Å². The summed E-state index contributed by atoms with van der Waals surface area (Å²) >= 11 is 0. The third kappa shape index (κ3) is 3.57. The van der Waals surface area contributed by atoms with Crippen LogP contribution in [0.25, 0.3) is 6.08 Å². The smallest absolute Gasteiger partial charge is 0.417 e. The first-order valence-electron chi connectivity index (χ1n) is 4.95. The molecule has 0 fully saturated rings. The lowest BCUT2D eigenvalue weighted by Gasteiger charge is -2.15. The van der Waals surface area contributed by atoms with Crippen LogP contribution in [0.1, 0.15) is 21.5 Å². The van der Waals surface area contributed by atoms with E-state index in [-0.39, 0.29) is 5.56 Å². The number of alkyl halides is 3. The van der Waals surface area contributed by atoms with Crippen molar-refractivity contribution in [3.63, 3.8) is 0 Å². The van der Waals surface area contributed by atoms with Crippen LogP contribution in [-0.4, -0.2) is 19.0 Å². The molecule has 4 nitrogen and oxygen atoms in total. The van der Waals surface area contributed by atoms with Crippen molar-refractivity contribution in [1.29, 1.82) is 0 Å². The number of carboxylic acid groups (broad SMARTS) is 1. The highest BCUT2D eigenvalue weighted by molar-refractivity contribution is 5.95. The number of esters is 1. The van der Waals surface area contributed by atoms with Gasteiger partial charge < -0.3 is 14.6 Å². The number of carbonyl (C=O) groups excluding carboxylic acids is 2. The van der Waals surface area contributed by atoms with Crippen molar-refractivity contribution in [2.24, 2.45) is 0 Å². The molecular formula is C12H8F3O4-. The molecule has 0 amide bonds. The monoisotopic (exact) mass is 273 g/mol. The third-order valence-electron chi connectivity index (χ3n) is 2.21. The first-order valence-corrected chi connectivity index (χ1v) is 4.95. The number of hydrogen-bond acceptors (Lipinski definition) is 4. The fourth-order valence-electron chi connectivity index (χ4n) is 1.40. The van der Waals surface area contributed by atoms with Crippen molar-refractivity contribution >= 4 is 18.0 Å². The van der Waals surface area contributed by atoms with E-state index >= 15 is 0 Å². The zero-order chi connectivity index (χ0) is 14.6. The van der Waals surface area contributed by atoms with E-state index in [1.807, 2.05) is 0 Å². The summed E-state index contributed by atoms with van der Waals surface area (Å²) < 4.78 is 42.2. The molecule has 0 saturated carbocycles. The highest BCUT2D eigenvalue weighted by Crippen LogP contribution is 2.33. The average molecular weight is 273 g/mol. The van der Waals surface area contributed by atoms with E-state index in [4.69, 9.17) is 0 Å². The van der Waals surface area contributed by atoms with Gasteiger partial charge in [-0.1, -0.05) is 12.1 Å². The first-order chi connectivity index (χ1) is 8.77. The van der Waals surface area contributed by atoms with Crippen molar-refractivity contribution in [2.45, 2.75) is 6.18 Å². The van der Waals surface area contributed by atoms with Crippen LogP contribution >= 0.6 is 0 Å². The maximum atomic E-state index is 12.6. The molecular weight excluding hydrogens is 265 g/mol. The Bertz CT molecular complexity index is 532. The quantitative estimate of drug-likeness (QED) is 0.614. The third-order valence-corrected chi connectivity index (χ3v) is 2.21. The van der Waals surface area contributed by atoms with Gasteiger partial charge >= 0.3 is 12.1 Å². The maximum Gasteiger partial charge on any atom is 0.417 e. The molecule has 0 radical (unpaired) electrons. The minimum Gasteiger partial charge on any atom is -0.545 e. The Morgan fingerprint density at radius 2 is 1.95 bits per heavy atom. The number of aromatic carboxylic acids is 1. The van der Waals surface area contributed by atoms with E-state index in [0.29, 0.717) is 6.07 Å². The van der Waals surface area contributed by atoms with Gasteiger partial charge in [0.2, 0.25) is 0 Å². The fraction of sp³-hybridized carbons (Fsp3) is 0.167. The van der Waals surface area contributed by atoms with Crippen molar-refractivity contribution in [1.82, 2.24) is 0 Å².